The molecular formula is C16H36O2Si. The van der Waals surface area contributed by atoms with Gasteiger partial charge in [0, 0.05) is 19.3 Å². The van der Waals surface area contributed by atoms with E-state index in [1.807, 2.05) is 14.2 Å². The van der Waals surface area contributed by atoms with E-state index >= 15 is 0 Å². The van der Waals surface area contributed by atoms with Crippen molar-refractivity contribution in [2.75, 3.05) is 14.2 Å². The Morgan fingerprint density at radius 1 is 0.947 bits per heavy atom. The fourth-order valence-electron chi connectivity index (χ4n) is 3.10. The molecule has 0 bridgehead atoms. The van der Waals surface area contributed by atoms with E-state index in [-0.39, 0.29) is 5.04 Å². The van der Waals surface area contributed by atoms with Crippen molar-refractivity contribution in [3.05, 3.63) is 0 Å². The van der Waals surface area contributed by atoms with E-state index in [1.54, 1.807) is 0 Å². The third kappa shape index (κ3) is 4.57. The minimum absolute atomic E-state index is 0.136. The number of hydrogen-bond donors (Lipinski definition) is 0. The predicted molar refractivity (Wildman–Crippen MR) is 86.8 cm³/mol. The fraction of sp³-hybridized carbons (Fsp3) is 1.00. The van der Waals surface area contributed by atoms with Crippen LogP contribution in [0.4, 0.5) is 0 Å². The van der Waals surface area contributed by atoms with Crippen molar-refractivity contribution >= 4 is 8.56 Å². The van der Waals surface area contributed by atoms with Gasteiger partial charge in [0.15, 0.2) is 0 Å². The lowest BCUT2D eigenvalue weighted by atomic mass is 9.86. The summed E-state index contributed by atoms with van der Waals surface area (Å²) in [6.07, 6.45) is 5.12. The Morgan fingerprint density at radius 2 is 1.47 bits per heavy atom. The van der Waals surface area contributed by atoms with Gasteiger partial charge in [-0.25, -0.2) is 0 Å². The summed E-state index contributed by atoms with van der Waals surface area (Å²) >= 11 is 0. The van der Waals surface area contributed by atoms with Crippen molar-refractivity contribution in [1.82, 2.24) is 0 Å². The van der Waals surface area contributed by atoms with Crippen molar-refractivity contribution in [2.45, 2.75) is 78.3 Å². The molecule has 0 aromatic heterocycles. The Bertz CT molecular complexity index is 235. The molecule has 0 rings (SSSR count). The van der Waals surface area contributed by atoms with E-state index in [0.29, 0.717) is 11.8 Å². The van der Waals surface area contributed by atoms with Gasteiger partial charge in [-0.05, 0) is 17.9 Å². The summed E-state index contributed by atoms with van der Waals surface area (Å²) < 4.78 is 12.0. The normalized spacial score (nSPS) is 15.0. The van der Waals surface area contributed by atoms with E-state index < -0.39 is 8.56 Å². The first kappa shape index (κ1) is 19.1. The van der Waals surface area contributed by atoms with Crippen molar-refractivity contribution in [1.29, 1.82) is 0 Å². The maximum absolute atomic E-state index is 6.02. The molecule has 0 N–H and O–H groups in total. The standard InChI is InChI=1S/C16H36O2Si/c1-9-10-11-12-13-19(17-7,18-8)16(5,6)15(4)14(2)3/h14-15H,9-13H2,1-8H3. The molecule has 0 saturated carbocycles. The molecule has 0 aromatic carbocycles. The SMILES string of the molecule is CCCCCC[Si](OC)(OC)C(C)(C)C(C)C(C)C. The zero-order valence-electron chi connectivity index (χ0n) is 14.5. The van der Waals surface area contributed by atoms with Crippen LogP contribution < -0.4 is 0 Å². The molecule has 2 nitrogen and oxygen atoms in total. The van der Waals surface area contributed by atoms with E-state index in [9.17, 15) is 0 Å². The second kappa shape index (κ2) is 8.43. The van der Waals surface area contributed by atoms with Crippen LogP contribution in [-0.2, 0) is 8.85 Å². The number of unbranched alkanes of at least 4 members (excludes halogenated alkanes) is 3. The molecular weight excluding hydrogens is 252 g/mol. The van der Waals surface area contributed by atoms with Gasteiger partial charge >= 0.3 is 8.56 Å². The van der Waals surface area contributed by atoms with Crippen LogP contribution in [0.5, 0.6) is 0 Å². The Morgan fingerprint density at radius 3 is 1.84 bits per heavy atom. The summed E-state index contributed by atoms with van der Waals surface area (Å²) in [5, 5.41) is 0.136. The van der Waals surface area contributed by atoms with Crippen LogP contribution in [0.3, 0.4) is 0 Å². The molecule has 19 heavy (non-hydrogen) atoms. The van der Waals surface area contributed by atoms with Gasteiger partial charge in [-0.15, -0.1) is 0 Å². The van der Waals surface area contributed by atoms with E-state index in [0.717, 1.165) is 6.04 Å². The van der Waals surface area contributed by atoms with Crippen molar-refractivity contribution in [3.8, 4) is 0 Å². The van der Waals surface area contributed by atoms with Crippen molar-refractivity contribution in [2.24, 2.45) is 11.8 Å². The smallest absolute Gasteiger partial charge is 0.343 e. The van der Waals surface area contributed by atoms with Crippen molar-refractivity contribution < 1.29 is 8.85 Å². The van der Waals surface area contributed by atoms with Gasteiger partial charge in [0.05, 0.1) is 0 Å². The average molecular weight is 289 g/mol. The van der Waals surface area contributed by atoms with Crippen molar-refractivity contribution in [3.63, 3.8) is 0 Å². The zero-order chi connectivity index (χ0) is 15.1. The second-order valence-corrected chi connectivity index (χ2v) is 10.8. The van der Waals surface area contributed by atoms with E-state index in [4.69, 9.17) is 8.85 Å². The lowest BCUT2D eigenvalue weighted by Crippen LogP contribution is -2.53. The lowest BCUT2D eigenvalue weighted by Gasteiger charge is -2.46. The monoisotopic (exact) mass is 288 g/mol. The highest BCUT2D eigenvalue weighted by molar-refractivity contribution is 6.70. The van der Waals surface area contributed by atoms with Crippen LogP contribution in [0.1, 0.15) is 67.2 Å². The Kier molecular flexibility index (Phi) is 8.49. The third-order valence-corrected chi connectivity index (χ3v) is 9.89. The molecule has 116 valence electrons. The van der Waals surface area contributed by atoms with Gasteiger partial charge in [-0.1, -0.05) is 67.2 Å². The lowest BCUT2D eigenvalue weighted by molar-refractivity contribution is 0.171. The molecule has 0 aromatic rings. The molecule has 0 fully saturated rings. The van der Waals surface area contributed by atoms with Crippen LogP contribution in [0.2, 0.25) is 11.1 Å². The van der Waals surface area contributed by atoms with Gasteiger partial charge < -0.3 is 8.85 Å². The highest BCUT2D eigenvalue weighted by Gasteiger charge is 2.53. The van der Waals surface area contributed by atoms with Gasteiger partial charge in [0.1, 0.15) is 0 Å². The van der Waals surface area contributed by atoms with Crippen LogP contribution in [0.15, 0.2) is 0 Å². The molecule has 0 saturated heterocycles. The van der Waals surface area contributed by atoms with Gasteiger partial charge in [0.2, 0.25) is 0 Å². The maximum Gasteiger partial charge on any atom is 0.343 e. The molecule has 0 aliphatic heterocycles. The molecule has 0 aliphatic rings. The third-order valence-electron chi connectivity index (χ3n) is 5.14. The minimum Gasteiger partial charge on any atom is -0.397 e. The largest absolute Gasteiger partial charge is 0.397 e. The Hall–Kier alpha value is 0.137. The summed E-state index contributed by atoms with van der Waals surface area (Å²) in [6.45, 7) is 13.9. The summed E-state index contributed by atoms with van der Waals surface area (Å²) in [5.74, 6) is 1.26. The second-order valence-electron chi connectivity index (χ2n) is 6.73. The summed E-state index contributed by atoms with van der Waals surface area (Å²) in [7, 11) is 1.56. The molecule has 0 aliphatic carbocycles. The minimum atomic E-state index is -2.15. The van der Waals surface area contributed by atoms with E-state index in [1.165, 1.54) is 25.7 Å². The average Bonchev–Trinajstić information content (AvgIpc) is 2.38. The van der Waals surface area contributed by atoms with E-state index in [2.05, 4.69) is 41.5 Å². The summed E-state index contributed by atoms with van der Waals surface area (Å²) in [6, 6.07) is 1.12. The molecule has 3 heteroatoms. The fourth-order valence-corrected chi connectivity index (χ4v) is 7.11. The topological polar surface area (TPSA) is 18.5 Å². The summed E-state index contributed by atoms with van der Waals surface area (Å²) in [5.41, 5.74) is 0. The first-order chi connectivity index (χ1) is 8.79. The first-order valence-electron chi connectivity index (χ1n) is 7.89. The summed E-state index contributed by atoms with van der Waals surface area (Å²) in [4.78, 5) is 0. The van der Waals surface area contributed by atoms with Crippen LogP contribution in [0.25, 0.3) is 0 Å². The highest BCUT2D eigenvalue weighted by atomic mass is 28.4. The Labute approximate surface area is 122 Å². The van der Waals surface area contributed by atoms with Crippen LogP contribution >= 0.6 is 0 Å². The molecule has 0 spiro atoms. The molecule has 0 amide bonds. The zero-order valence-corrected chi connectivity index (χ0v) is 15.5. The van der Waals surface area contributed by atoms with Gasteiger partial charge in [0.25, 0.3) is 0 Å². The highest BCUT2D eigenvalue weighted by Crippen LogP contribution is 2.50. The van der Waals surface area contributed by atoms with Gasteiger partial charge in [-0.3, -0.25) is 0 Å². The van der Waals surface area contributed by atoms with Gasteiger partial charge in [-0.2, -0.15) is 0 Å². The molecule has 0 radical (unpaired) electrons. The number of rotatable bonds is 10. The molecule has 1 unspecified atom stereocenters. The molecule has 1 atom stereocenters. The van der Waals surface area contributed by atoms with Crippen LogP contribution in [0, 0.1) is 11.8 Å². The predicted octanol–water partition coefficient (Wildman–Crippen LogP) is 5.37. The maximum atomic E-state index is 6.02. The Balaban J connectivity index is 4.93. The quantitative estimate of drug-likeness (QED) is 0.397. The van der Waals surface area contributed by atoms with Crippen LogP contribution in [-0.4, -0.2) is 22.8 Å². The number of hydrogen-bond acceptors (Lipinski definition) is 2. The molecule has 0 heterocycles. The first-order valence-corrected chi connectivity index (χ1v) is 9.91.